The van der Waals surface area contributed by atoms with Gasteiger partial charge < -0.3 is 14.4 Å². The Kier molecular flexibility index (Phi) is 4.67. The molecule has 0 aliphatic carbocycles. The second-order valence-corrected chi connectivity index (χ2v) is 5.92. The molecular formula is C16H18FN7O2. The van der Waals surface area contributed by atoms with Crippen LogP contribution < -0.4 is 4.90 Å². The predicted octanol–water partition coefficient (Wildman–Crippen LogP) is 0.980. The molecule has 3 aromatic rings. The monoisotopic (exact) mass is 359 g/mol. The molecule has 1 aromatic carbocycles. The molecule has 2 aromatic heterocycles. The standard InChI is InChI=1S/C16H18FN7O2/c1-25-6-5-24-16(20-21-22-24)14-9-23(4-7-26-14)15-12-3-2-11(17)8-13(12)18-10-19-15/h2-3,8,10,14H,4-7,9H2,1H3/t14-/m1/s1. The Balaban J connectivity index is 1.61. The van der Waals surface area contributed by atoms with Gasteiger partial charge in [0.1, 0.15) is 24.1 Å². The molecule has 0 unspecified atom stereocenters. The first-order valence-corrected chi connectivity index (χ1v) is 8.28. The van der Waals surface area contributed by atoms with Crippen molar-refractivity contribution in [3.05, 3.63) is 36.2 Å². The van der Waals surface area contributed by atoms with E-state index in [1.54, 1.807) is 17.9 Å². The Morgan fingerprint density at radius 3 is 3.15 bits per heavy atom. The van der Waals surface area contributed by atoms with Crippen LogP contribution in [0.4, 0.5) is 10.2 Å². The van der Waals surface area contributed by atoms with E-state index >= 15 is 0 Å². The number of anilines is 1. The minimum atomic E-state index is -0.320. The number of methoxy groups -OCH3 is 1. The third-order valence-corrected chi connectivity index (χ3v) is 4.30. The van der Waals surface area contributed by atoms with E-state index in [2.05, 4.69) is 30.4 Å². The first-order valence-electron chi connectivity index (χ1n) is 8.28. The molecule has 3 heterocycles. The Bertz CT molecular complexity index is 903. The van der Waals surface area contributed by atoms with Crippen LogP contribution in [0, 0.1) is 5.82 Å². The van der Waals surface area contributed by atoms with Crippen LogP contribution in [0.5, 0.6) is 0 Å². The fourth-order valence-electron chi connectivity index (χ4n) is 3.05. The summed E-state index contributed by atoms with van der Waals surface area (Å²) in [6.07, 6.45) is 1.16. The van der Waals surface area contributed by atoms with Crippen molar-refractivity contribution in [2.75, 3.05) is 38.3 Å². The van der Waals surface area contributed by atoms with Gasteiger partial charge in [-0.1, -0.05) is 0 Å². The van der Waals surface area contributed by atoms with Crippen LogP contribution in [0.15, 0.2) is 24.5 Å². The smallest absolute Gasteiger partial charge is 0.182 e. The Morgan fingerprint density at radius 2 is 2.27 bits per heavy atom. The normalized spacial score (nSPS) is 17.8. The van der Waals surface area contributed by atoms with Crippen molar-refractivity contribution in [1.82, 2.24) is 30.2 Å². The Labute approximate surface area is 148 Å². The van der Waals surface area contributed by atoms with Crippen molar-refractivity contribution in [3.63, 3.8) is 0 Å². The van der Waals surface area contributed by atoms with E-state index in [4.69, 9.17) is 9.47 Å². The molecule has 0 radical (unpaired) electrons. The highest BCUT2D eigenvalue weighted by Crippen LogP contribution is 2.28. The predicted molar refractivity (Wildman–Crippen MR) is 90.1 cm³/mol. The fraction of sp³-hybridized carbons (Fsp3) is 0.438. The highest BCUT2D eigenvalue weighted by molar-refractivity contribution is 5.89. The minimum absolute atomic E-state index is 0.291. The number of hydrogen-bond donors (Lipinski definition) is 0. The summed E-state index contributed by atoms with van der Waals surface area (Å²) in [5.41, 5.74) is 0.572. The average molecular weight is 359 g/mol. The average Bonchev–Trinajstić information content (AvgIpc) is 3.14. The molecule has 0 amide bonds. The zero-order chi connectivity index (χ0) is 17.9. The van der Waals surface area contributed by atoms with Gasteiger partial charge in [0.2, 0.25) is 0 Å². The Hall–Kier alpha value is -2.72. The molecule has 10 heteroatoms. The van der Waals surface area contributed by atoms with E-state index < -0.39 is 0 Å². The fourth-order valence-corrected chi connectivity index (χ4v) is 3.05. The largest absolute Gasteiger partial charge is 0.383 e. The van der Waals surface area contributed by atoms with E-state index in [1.165, 1.54) is 18.5 Å². The molecular weight excluding hydrogens is 341 g/mol. The molecule has 1 aliphatic heterocycles. The zero-order valence-corrected chi connectivity index (χ0v) is 14.2. The number of aromatic nitrogens is 6. The number of ether oxygens (including phenoxy) is 2. The summed E-state index contributed by atoms with van der Waals surface area (Å²) < 4.78 is 26.1. The number of nitrogens with zero attached hydrogens (tertiary/aromatic N) is 7. The van der Waals surface area contributed by atoms with Crippen molar-refractivity contribution >= 4 is 16.7 Å². The van der Waals surface area contributed by atoms with Crippen LogP contribution in [0.3, 0.4) is 0 Å². The number of morpholine rings is 1. The number of rotatable bonds is 5. The van der Waals surface area contributed by atoms with Gasteiger partial charge in [-0.2, -0.15) is 0 Å². The maximum atomic E-state index is 13.5. The van der Waals surface area contributed by atoms with Crippen molar-refractivity contribution in [3.8, 4) is 0 Å². The lowest BCUT2D eigenvalue weighted by molar-refractivity contribution is 0.0298. The molecule has 1 fully saturated rings. The molecule has 4 rings (SSSR count). The lowest BCUT2D eigenvalue weighted by Gasteiger charge is -2.33. The molecule has 26 heavy (non-hydrogen) atoms. The van der Waals surface area contributed by atoms with Crippen LogP contribution >= 0.6 is 0 Å². The summed E-state index contributed by atoms with van der Waals surface area (Å²) in [4.78, 5) is 10.7. The summed E-state index contributed by atoms with van der Waals surface area (Å²) >= 11 is 0. The lowest BCUT2D eigenvalue weighted by Crippen LogP contribution is -2.40. The number of fused-ring (bicyclic) bond motifs is 1. The molecule has 1 aliphatic rings. The van der Waals surface area contributed by atoms with Gasteiger partial charge in [0.05, 0.1) is 31.8 Å². The molecule has 1 atom stereocenters. The third kappa shape index (κ3) is 3.20. The molecule has 1 saturated heterocycles. The van der Waals surface area contributed by atoms with Gasteiger partial charge in [-0.3, -0.25) is 0 Å². The van der Waals surface area contributed by atoms with E-state index in [0.717, 1.165) is 11.2 Å². The van der Waals surface area contributed by atoms with Crippen molar-refractivity contribution in [1.29, 1.82) is 0 Å². The number of tetrazole rings is 1. The highest BCUT2D eigenvalue weighted by Gasteiger charge is 2.28. The number of hydrogen-bond acceptors (Lipinski definition) is 8. The number of halogens is 1. The second-order valence-electron chi connectivity index (χ2n) is 5.92. The van der Waals surface area contributed by atoms with Crippen molar-refractivity contribution < 1.29 is 13.9 Å². The summed E-state index contributed by atoms with van der Waals surface area (Å²) in [5, 5.41) is 12.7. The molecule has 136 valence electrons. The van der Waals surface area contributed by atoms with E-state index in [-0.39, 0.29) is 11.9 Å². The Morgan fingerprint density at radius 1 is 1.35 bits per heavy atom. The lowest BCUT2D eigenvalue weighted by atomic mass is 10.2. The van der Waals surface area contributed by atoms with E-state index in [0.29, 0.717) is 44.2 Å². The van der Waals surface area contributed by atoms with E-state index in [1.807, 2.05) is 0 Å². The summed E-state index contributed by atoms with van der Waals surface area (Å²) in [6.45, 7) is 2.77. The SMILES string of the molecule is COCCn1nnnc1[C@H]1CN(c2ncnc3cc(F)ccc23)CCO1. The third-order valence-electron chi connectivity index (χ3n) is 4.30. The molecule has 0 saturated carbocycles. The number of benzene rings is 1. The highest BCUT2D eigenvalue weighted by atomic mass is 19.1. The molecule has 0 bridgehead atoms. The summed E-state index contributed by atoms with van der Waals surface area (Å²) in [5.74, 6) is 1.08. The maximum Gasteiger partial charge on any atom is 0.182 e. The van der Waals surface area contributed by atoms with Gasteiger partial charge in [-0.15, -0.1) is 5.10 Å². The molecule has 0 N–H and O–H groups in total. The van der Waals surface area contributed by atoms with Crippen LogP contribution in [-0.4, -0.2) is 63.6 Å². The van der Waals surface area contributed by atoms with Crippen LogP contribution in [0.2, 0.25) is 0 Å². The van der Waals surface area contributed by atoms with Crippen LogP contribution in [-0.2, 0) is 16.0 Å². The summed E-state index contributed by atoms with van der Waals surface area (Å²) in [6, 6.07) is 4.52. The molecule has 9 nitrogen and oxygen atoms in total. The first-order chi connectivity index (χ1) is 12.8. The topological polar surface area (TPSA) is 91.1 Å². The minimum Gasteiger partial charge on any atom is -0.383 e. The van der Waals surface area contributed by atoms with Crippen LogP contribution in [0.1, 0.15) is 11.9 Å². The second kappa shape index (κ2) is 7.26. The quantitative estimate of drug-likeness (QED) is 0.666. The summed E-state index contributed by atoms with van der Waals surface area (Å²) in [7, 11) is 1.63. The van der Waals surface area contributed by atoms with Gasteiger partial charge in [0.15, 0.2) is 5.82 Å². The van der Waals surface area contributed by atoms with Gasteiger partial charge in [-0.05, 0) is 22.6 Å². The molecule has 0 spiro atoms. The van der Waals surface area contributed by atoms with Gasteiger partial charge in [-0.25, -0.2) is 19.0 Å². The van der Waals surface area contributed by atoms with Gasteiger partial charge in [0.25, 0.3) is 0 Å². The maximum absolute atomic E-state index is 13.5. The first kappa shape index (κ1) is 16.7. The van der Waals surface area contributed by atoms with Crippen LogP contribution in [0.25, 0.3) is 10.9 Å². The van der Waals surface area contributed by atoms with Gasteiger partial charge >= 0.3 is 0 Å². The van der Waals surface area contributed by atoms with Gasteiger partial charge in [0, 0.05) is 25.1 Å². The zero-order valence-electron chi connectivity index (χ0n) is 14.2. The van der Waals surface area contributed by atoms with Crippen molar-refractivity contribution in [2.24, 2.45) is 0 Å². The van der Waals surface area contributed by atoms with Crippen molar-refractivity contribution in [2.45, 2.75) is 12.6 Å². The van der Waals surface area contributed by atoms with E-state index in [9.17, 15) is 4.39 Å².